The first-order chi connectivity index (χ1) is 12.3. The van der Waals surface area contributed by atoms with Gasteiger partial charge in [-0.2, -0.15) is 0 Å². The fourth-order valence-electron chi connectivity index (χ4n) is 4.63. The van der Waals surface area contributed by atoms with Crippen LogP contribution in [0.2, 0.25) is 0 Å². The standard InChI is InChI=1S/C20H38N4O.HI/c1-3-5-11-23-12-7-6-8-18(23)15-22-19(21-4-2)24-13-9-20(16-24)10-14-25-17-20;/h18H,3-17H2,1-2H3,(H,21,22);1H. The van der Waals surface area contributed by atoms with Crippen LogP contribution in [-0.2, 0) is 4.74 Å². The van der Waals surface area contributed by atoms with Gasteiger partial charge in [0.25, 0.3) is 0 Å². The Labute approximate surface area is 177 Å². The van der Waals surface area contributed by atoms with Crippen molar-refractivity contribution in [3.8, 4) is 0 Å². The van der Waals surface area contributed by atoms with E-state index in [0.29, 0.717) is 11.5 Å². The highest BCUT2D eigenvalue weighted by atomic mass is 127. The molecule has 0 aromatic carbocycles. The molecule has 0 aromatic rings. The van der Waals surface area contributed by atoms with Crippen molar-refractivity contribution in [2.24, 2.45) is 10.4 Å². The van der Waals surface area contributed by atoms with Crippen molar-refractivity contribution in [3.05, 3.63) is 0 Å². The summed E-state index contributed by atoms with van der Waals surface area (Å²) in [6, 6.07) is 0.639. The Balaban J connectivity index is 0.00000243. The molecule has 3 saturated heterocycles. The minimum absolute atomic E-state index is 0. The van der Waals surface area contributed by atoms with E-state index in [1.54, 1.807) is 0 Å². The zero-order valence-corrected chi connectivity index (χ0v) is 19.2. The summed E-state index contributed by atoms with van der Waals surface area (Å²) in [7, 11) is 0. The molecule has 3 rings (SSSR count). The quantitative estimate of drug-likeness (QED) is 0.361. The Morgan fingerprint density at radius 2 is 2.12 bits per heavy atom. The number of aliphatic imine (C=N–C) groups is 1. The summed E-state index contributed by atoms with van der Waals surface area (Å²) in [6.45, 7) is 13.0. The lowest BCUT2D eigenvalue weighted by Crippen LogP contribution is -2.45. The maximum absolute atomic E-state index is 5.68. The van der Waals surface area contributed by atoms with E-state index >= 15 is 0 Å². The summed E-state index contributed by atoms with van der Waals surface area (Å²) in [4.78, 5) is 10.3. The predicted molar refractivity (Wildman–Crippen MR) is 120 cm³/mol. The van der Waals surface area contributed by atoms with E-state index in [2.05, 4.69) is 29.0 Å². The number of ether oxygens (including phenoxy) is 1. The molecule has 0 amide bonds. The molecule has 0 aliphatic carbocycles. The van der Waals surface area contributed by atoms with Crippen LogP contribution in [0.15, 0.2) is 4.99 Å². The zero-order chi connectivity index (χ0) is 17.5. The van der Waals surface area contributed by atoms with Gasteiger partial charge in [-0.3, -0.25) is 9.89 Å². The summed E-state index contributed by atoms with van der Waals surface area (Å²) in [5, 5.41) is 3.55. The number of halogens is 1. The van der Waals surface area contributed by atoms with Gasteiger partial charge in [-0.05, 0) is 52.1 Å². The molecule has 3 aliphatic rings. The van der Waals surface area contributed by atoms with Gasteiger partial charge in [0.2, 0.25) is 0 Å². The molecular formula is C20H39IN4O. The van der Waals surface area contributed by atoms with Crippen LogP contribution in [0, 0.1) is 5.41 Å². The topological polar surface area (TPSA) is 40.1 Å². The van der Waals surface area contributed by atoms with Gasteiger partial charge >= 0.3 is 0 Å². The summed E-state index contributed by atoms with van der Waals surface area (Å²) in [5.41, 5.74) is 0.397. The molecule has 6 heteroatoms. The number of guanidine groups is 1. The first kappa shape index (κ1) is 22.2. The fraction of sp³-hybridized carbons (Fsp3) is 0.950. The molecule has 2 atom stereocenters. The van der Waals surface area contributed by atoms with Crippen LogP contribution in [0.1, 0.15) is 58.8 Å². The largest absolute Gasteiger partial charge is 0.381 e. The molecule has 3 fully saturated rings. The molecule has 152 valence electrons. The first-order valence-corrected chi connectivity index (χ1v) is 10.6. The predicted octanol–water partition coefficient (Wildman–Crippen LogP) is 3.34. The van der Waals surface area contributed by atoms with Crippen molar-refractivity contribution < 1.29 is 4.74 Å². The smallest absolute Gasteiger partial charge is 0.193 e. The van der Waals surface area contributed by atoms with Crippen molar-refractivity contribution in [2.45, 2.75) is 64.8 Å². The van der Waals surface area contributed by atoms with Crippen molar-refractivity contribution in [3.63, 3.8) is 0 Å². The summed E-state index contributed by atoms with van der Waals surface area (Å²) in [5.74, 6) is 1.13. The van der Waals surface area contributed by atoms with Crippen molar-refractivity contribution >= 4 is 29.9 Å². The fourth-order valence-corrected chi connectivity index (χ4v) is 4.63. The van der Waals surface area contributed by atoms with Gasteiger partial charge in [0.05, 0.1) is 13.2 Å². The Hall–Kier alpha value is -0.0800. The number of piperidine rings is 1. The van der Waals surface area contributed by atoms with E-state index in [1.165, 1.54) is 58.0 Å². The molecular weight excluding hydrogens is 439 g/mol. The van der Waals surface area contributed by atoms with Gasteiger partial charge in [-0.1, -0.05) is 19.8 Å². The van der Waals surface area contributed by atoms with Crippen LogP contribution in [0.5, 0.6) is 0 Å². The van der Waals surface area contributed by atoms with Crippen LogP contribution in [0.25, 0.3) is 0 Å². The van der Waals surface area contributed by atoms with E-state index in [0.717, 1.165) is 45.4 Å². The lowest BCUT2D eigenvalue weighted by atomic mass is 9.87. The van der Waals surface area contributed by atoms with Crippen molar-refractivity contribution in [1.29, 1.82) is 0 Å². The number of nitrogens with zero attached hydrogens (tertiary/aromatic N) is 3. The number of rotatable bonds is 6. The zero-order valence-electron chi connectivity index (χ0n) is 16.8. The lowest BCUT2D eigenvalue weighted by Gasteiger charge is -2.35. The molecule has 3 heterocycles. The molecule has 3 aliphatic heterocycles. The molecule has 5 nitrogen and oxygen atoms in total. The minimum atomic E-state index is 0. The summed E-state index contributed by atoms with van der Waals surface area (Å²) in [6.07, 6.45) is 9.11. The second-order valence-corrected chi connectivity index (χ2v) is 8.21. The SMILES string of the molecule is CCCCN1CCCCC1CN=C(NCC)N1CCC2(CCOC2)C1.I. The number of nitrogens with one attached hydrogen (secondary N) is 1. The maximum atomic E-state index is 5.68. The summed E-state index contributed by atoms with van der Waals surface area (Å²) < 4.78 is 5.68. The van der Waals surface area contributed by atoms with Gasteiger partial charge in [0.15, 0.2) is 5.96 Å². The van der Waals surface area contributed by atoms with Crippen LogP contribution in [0.3, 0.4) is 0 Å². The van der Waals surface area contributed by atoms with Crippen LogP contribution in [0.4, 0.5) is 0 Å². The van der Waals surface area contributed by atoms with E-state index in [-0.39, 0.29) is 24.0 Å². The third-order valence-electron chi connectivity index (χ3n) is 6.26. The van der Waals surface area contributed by atoms with Gasteiger partial charge in [0, 0.05) is 37.7 Å². The van der Waals surface area contributed by atoms with E-state index in [9.17, 15) is 0 Å². The van der Waals surface area contributed by atoms with E-state index < -0.39 is 0 Å². The Kier molecular flexibility index (Phi) is 9.44. The highest BCUT2D eigenvalue weighted by Gasteiger charge is 2.42. The first-order valence-electron chi connectivity index (χ1n) is 10.6. The van der Waals surface area contributed by atoms with Gasteiger partial charge in [0.1, 0.15) is 0 Å². The number of likely N-dealkylation sites (tertiary alicyclic amines) is 2. The molecule has 0 aromatic heterocycles. The normalized spacial score (nSPS) is 30.0. The average molecular weight is 478 g/mol. The second kappa shape index (κ2) is 11.1. The highest BCUT2D eigenvalue weighted by Crippen LogP contribution is 2.38. The molecule has 0 radical (unpaired) electrons. The average Bonchev–Trinajstić information content (AvgIpc) is 3.27. The Morgan fingerprint density at radius 3 is 2.85 bits per heavy atom. The molecule has 2 unspecified atom stereocenters. The molecule has 0 saturated carbocycles. The highest BCUT2D eigenvalue weighted by molar-refractivity contribution is 14.0. The molecule has 26 heavy (non-hydrogen) atoms. The number of hydrogen-bond acceptors (Lipinski definition) is 3. The number of hydrogen-bond donors (Lipinski definition) is 1. The van der Waals surface area contributed by atoms with E-state index in [4.69, 9.17) is 9.73 Å². The maximum Gasteiger partial charge on any atom is 0.193 e. The van der Waals surface area contributed by atoms with Gasteiger partial charge in [-0.15, -0.1) is 24.0 Å². The minimum Gasteiger partial charge on any atom is -0.381 e. The van der Waals surface area contributed by atoms with Gasteiger partial charge in [-0.25, -0.2) is 0 Å². The van der Waals surface area contributed by atoms with Crippen LogP contribution in [-0.4, -0.2) is 74.3 Å². The monoisotopic (exact) mass is 478 g/mol. The third-order valence-corrected chi connectivity index (χ3v) is 6.26. The number of unbranched alkanes of at least 4 members (excludes halogenated alkanes) is 1. The summed E-state index contributed by atoms with van der Waals surface area (Å²) >= 11 is 0. The van der Waals surface area contributed by atoms with Crippen LogP contribution >= 0.6 is 24.0 Å². The van der Waals surface area contributed by atoms with E-state index in [1.807, 2.05) is 0 Å². The van der Waals surface area contributed by atoms with Crippen molar-refractivity contribution in [2.75, 3.05) is 52.5 Å². The molecule has 0 bridgehead atoms. The van der Waals surface area contributed by atoms with Crippen LogP contribution < -0.4 is 5.32 Å². The molecule has 1 spiro atoms. The van der Waals surface area contributed by atoms with Crippen molar-refractivity contribution in [1.82, 2.24) is 15.1 Å². The third kappa shape index (κ3) is 5.71. The second-order valence-electron chi connectivity index (χ2n) is 8.21. The Bertz CT molecular complexity index is 440. The van der Waals surface area contributed by atoms with Gasteiger partial charge < -0.3 is 15.0 Å². The molecule has 1 N–H and O–H groups in total. The Morgan fingerprint density at radius 1 is 1.23 bits per heavy atom. The lowest BCUT2D eigenvalue weighted by molar-refractivity contribution is 0.150.